The highest BCUT2D eigenvalue weighted by Gasteiger charge is 2.26. The normalized spacial score (nSPS) is 12.0. The lowest BCUT2D eigenvalue weighted by molar-refractivity contribution is -0.772. The van der Waals surface area contributed by atoms with E-state index in [0.717, 1.165) is 17.3 Å². The molecule has 1 unspecified atom stereocenters. The second-order valence-electron chi connectivity index (χ2n) is 5.09. The number of amides is 1. The summed E-state index contributed by atoms with van der Waals surface area (Å²) >= 11 is 7.18. The Morgan fingerprint density at radius 1 is 1.58 bits per heavy atom. The topological polar surface area (TPSA) is 91.3 Å². The maximum absolute atomic E-state index is 12.6. The minimum Gasteiger partial charge on any atom is -0.538 e. The third-order valence-electron chi connectivity index (χ3n) is 3.37. The van der Waals surface area contributed by atoms with E-state index in [4.69, 9.17) is 16.3 Å². The Morgan fingerprint density at radius 2 is 2.29 bits per heavy atom. The molecule has 0 radical (unpaired) electrons. The second-order valence-corrected chi connectivity index (χ2v) is 6.69. The molecule has 0 aliphatic carbocycles. The number of aryl methyl sites for hydroxylation is 2. The monoisotopic (exact) mass is 371 g/mol. The van der Waals surface area contributed by atoms with Crippen molar-refractivity contribution in [1.29, 1.82) is 0 Å². The first-order valence-corrected chi connectivity index (χ1v) is 8.47. The molecule has 130 valence electrons. The van der Waals surface area contributed by atoms with Crippen molar-refractivity contribution in [3.63, 3.8) is 0 Å². The third-order valence-corrected chi connectivity index (χ3v) is 5.26. The lowest BCUT2D eigenvalue weighted by Crippen LogP contribution is -2.34. The van der Waals surface area contributed by atoms with Gasteiger partial charge in [0.15, 0.2) is 13.0 Å². The van der Waals surface area contributed by atoms with Gasteiger partial charge in [-0.3, -0.25) is 4.79 Å². The van der Waals surface area contributed by atoms with Crippen molar-refractivity contribution in [2.24, 2.45) is 7.05 Å². The first-order chi connectivity index (χ1) is 11.4. The van der Waals surface area contributed by atoms with Gasteiger partial charge in [-0.2, -0.15) is 0 Å². The van der Waals surface area contributed by atoms with Crippen LogP contribution in [0, 0.1) is 6.92 Å². The van der Waals surface area contributed by atoms with E-state index in [-0.39, 0.29) is 10.9 Å². The maximum Gasteiger partial charge on any atom is 0.291 e. The molecule has 0 aliphatic heterocycles. The van der Waals surface area contributed by atoms with Gasteiger partial charge in [-0.25, -0.2) is 0 Å². The first-order valence-electron chi connectivity index (χ1n) is 7.22. The zero-order valence-corrected chi connectivity index (χ0v) is 15.3. The Hall–Kier alpha value is -1.93. The molecule has 2 rings (SSSR count). The summed E-state index contributed by atoms with van der Waals surface area (Å²) in [7, 11) is 3.09. The summed E-state index contributed by atoms with van der Waals surface area (Å²) in [6, 6.07) is 3.39. The molecular weight excluding hydrogens is 354 g/mol. The highest BCUT2D eigenvalue weighted by atomic mass is 35.5. The van der Waals surface area contributed by atoms with E-state index in [0.29, 0.717) is 22.9 Å². The summed E-state index contributed by atoms with van der Waals surface area (Å²) in [5.41, 5.74) is 1.35. The molecule has 0 fully saturated rings. The highest BCUT2D eigenvalue weighted by molar-refractivity contribution is 8.00. The van der Waals surface area contributed by atoms with Crippen molar-refractivity contribution in [2.45, 2.75) is 30.5 Å². The van der Waals surface area contributed by atoms with Crippen LogP contribution in [0.15, 0.2) is 21.7 Å². The highest BCUT2D eigenvalue weighted by Crippen LogP contribution is 2.33. The van der Waals surface area contributed by atoms with Crippen molar-refractivity contribution >= 4 is 35.0 Å². The number of hydrogen-bond donors (Lipinski definition) is 1. The number of rotatable bonds is 6. The average molecular weight is 372 g/mol. The molecule has 0 bridgehead atoms. The Balaban J connectivity index is 2.20. The zero-order valence-electron chi connectivity index (χ0n) is 13.8. The summed E-state index contributed by atoms with van der Waals surface area (Å²) in [4.78, 5) is 12.6. The van der Waals surface area contributed by atoms with Crippen molar-refractivity contribution in [3.8, 4) is 11.7 Å². The van der Waals surface area contributed by atoms with Crippen LogP contribution in [0.3, 0.4) is 0 Å². The minimum atomic E-state index is -0.561. The summed E-state index contributed by atoms with van der Waals surface area (Å²) < 4.78 is 11.1. The van der Waals surface area contributed by atoms with Crippen LogP contribution in [-0.2, 0) is 11.8 Å². The van der Waals surface area contributed by atoms with Gasteiger partial charge in [-0.15, -0.1) is 0 Å². The maximum atomic E-state index is 12.6. The SMILES string of the molecule is CCC(Sc1c([O-])on[n+]1C)C(=O)Nc1cc(C)c(Cl)cc1OC. The number of anilines is 1. The molecule has 7 nitrogen and oxygen atoms in total. The molecule has 1 N–H and O–H groups in total. The summed E-state index contributed by atoms with van der Waals surface area (Å²) in [5, 5.41) is 18.3. The van der Waals surface area contributed by atoms with Gasteiger partial charge in [0.25, 0.3) is 5.03 Å². The van der Waals surface area contributed by atoms with Gasteiger partial charge in [0.1, 0.15) is 5.75 Å². The van der Waals surface area contributed by atoms with Crippen LogP contribution in [0.5, 0.6) is 11.7 Å². The molecule has 0 saturated heterocycles. The molecule has 9 heteroatoms. The van der Waals surface area contributed by atoms with Crippen LogP contribution >= 0.6 is 23.4 Å². The van der Waals surface area contributed by atoms with E-state index in [1.54, 1.807) is 19.2 Å². The van der Waals surface area contributed by atoms with Crippen LogP contribution in [-0.4, -0.2) is 23.5 Å². The van der Waals surface area contributed by atoms with Gasteiger partial charge in [0.2, 0.25) is 5.91 Å². The Kier molecular flexibility index (Phi) is 5.95. The van der Waals surface area contributed by atoms with Crippen LogP contribution in [0.25, 0.3) is 0 Å². The standard InChI is InChI=1S/C15H18ClN3O4S/c1-5-12(24-14-15(21)23-18-19(14)3)13(20)17-10-6-8(2)9(16)7-11(10)22-4/h6-7,12H,5H2,1-4H3,(H-,17,18,20,21). The smallest absolute Gasteiger partial charge is 0.291 e. The number of carbonyl (C=O) groups is 1. The number of nitrogens with zero attached hydrogens (tertiary/aromatic N) is 2. The predicted octanol–water partition coefficient (Wildman–Crippen LogP) is 2.05. The number of hydrogen-bond acceptors (Lipinski definition) is 6. The Labute approximate surface area is 148 Å². The molecule has 1 aromatic carbocycles. The predicted molar refractivity (Wildman–Crippen MR) is 88.4 cm³/mol. The van der Waals surface area contributed by atoms with Gasteiger partial charge in [0.05, 0.1) is 23.3 Å². The molecule has 0 saturated carbocycles. The number of benzene rings is 1. The van der Waals surface area contributed by atoms with Crippen molar-refractivity contribution in [1.82, 2.24) is 5.27 Å². The number of thioether (sulfide) groups is 1. The van der Waals surface area contributed by atoms with Gasteiger partial charge >= 0.3 is 0 Å². The first kappa shape index (κ1) is 18.4. The number of halogens is 1. The van der Waals surface area contributed by atoms with Gasteiger partial charge < -0.3 is 19.7 Å². The van der Waals surface area contributed by atoms with E-state index in [1.807, 2.05) is 13.8 Å². The summed E-state index contributed by atoms with van der Waals surface area (Å²) in [6.07, 6.45) is 0.524. The molecule has 0 aliphatic rings. The zero-order chi connectivity index (χ0) is 17.9. The van der Waals surface area contributed by atoms with E-state index in [2.05, 4.69) is 15.1 Å². The van der Waals surface area contributed by atoms with E-state index >= 15 is 0 Å². The fraction of sp³-hybridized carbons (Fsp3) is 0.400. The van der Waals surface area contributed by atoms with Crippen LogP contribution in [0.4, 0.5) is 5.69 Å². The lowest BCUT2D eigenvalue weighted by Gasteiger charge is -2.16. The fourth-order valence-electron chi connectivity index (χ4n) is 2.03. The molecule has 1 atom stereocenters. The molecule has 1 aromatic heterocycles. The fourth-order valence-corrected chi connectivity index (χ4v) is 3.11. The van der Waals surface area contributed by atoms with Gasteiger partial charge in [0, 0.05) is 11.1 Å². The Morgan fingerprint density at radius 3 is 2.83 bits per heavy atom. The number of carbonyl (C=O) groups excluding carboxylic acids is 1. The molecule has 24 heavy (non-hydrogen) atoms. The lowest BCUT2D eigenvalue weighted by atomic mass is 10.2. The van der Waals surface area contributed by atoms with Crippen molar-refractivity contribution < 1.29 is 23.8 Å². The quantitative estimate of drug-likeness (QED) is 0.617. The average Bonchev–Trinajstić information content (AvgIpc) is 2.86. The minimum absolute atomic E-state index is 0.247. The molecule has 0 spiro atoms. The molecule has 2 aromatic rings. The molecule has 1 amide bonds. The van der Waals surface area contributed by atoms with E-state index in [9.17, 15) is 9.90 Å². The van der Waals surface area contributed by atoms with Crippen molar-refractivity contribution in [2.75, 3.05) is 12.4 Å². The van der Waals surface area contributed by atoms with Crippen LogP contribution in [0.2, 0.25) is 5.02 Å². The number of ether oxygens (including phenoxy) is 1. The van der Waals surface area contributed by atoms with Crippen LogP contribution < -0.4 is 19.8 Å². The van der Waals surface area contributed by atoms with E-state index < -0.39 is 11.2 Å². The van der Waals surface area contributed by atoms with Crippen molar-refractivity contribution in [3.05, 3.63) is 22.7 Å². The summed E-state index contributed by atoms with van der Waals surface area (Å²) in [5.74, 6) is -0.337. The number of aromatic nitrogens is 2. The second kappa shape index (κ2) is 7.76. The third kappa shape index (κ3) is 3.93. The Bertz CT molecular complexity index is 731. The molecule has 1 heterocycles. The van der Waals surface area contributed by atoms with Crippen LogP contribution in [0.1, 0.15) is 18.9 Å². The number of nitrogens with one attached hydrogen (secondary N) is 1. The largest absolute Gasteiger partial charge is 0.538 e. The summed E-state index contributed by atoms with van der Waals surface area (Å²) in [6.45, 7) is 3.70. The molecular formula is C15H18ClN3O4S. The number of methoxy groups -OCH3 is 1. The van der Waals surface area contributed by atoms with Gasteiger partial charge in [-0.05, 0) is 36.7 Å². The van der Waals surface area contributed by atoms with E-state index in [1.165, 1.54) is 11.8 Å². The van der Waals surface area contributed by atoms with Gasteiger partial charge in [-0.1, -0.05) is 23.2 Å².